The molecule has 4 nitrogen and oxygen atoms in total. The van der Waals surface area contributed by atoms with Gasteiger partial charge < -0.3 is 15.6 Å². The number of nitrogens with one attached hydrogen (secondary N) is 3. The van der Waals surface area contributed by atoms with E-state index in [4.69, 9.17) is 0 Å². The molecule has 1 atom stereocenters. The fourth-order valence-corrected chi connectivity index (χ4v) is 1.98. The average Bonchev–Trinajstić information content (AvgIpc) is 2.83. The van der Waals surface area contributed by atoms with Crippen molar-refractivity contribution < 1.29 is 4.79 Å². The van der Waals surface area contributed by atoms with Gasteiger partial charge in [-0.25, -0.2) is 0 Å². The van der Waals surface area contributed by atoms with Crippen LogP contribution in [0.5, 0.6) is 0 Å². The summed E-state index contributed by atoms with van der Waals surface area (Å²) in [5, 5.41) is 7.16. The largest absolute Gasteiger partial charge is 0.361 e. The molecule has 1 aromatic carbocycles. The number of rotatable bonds is 5. The van der Waals surface area contributed by atoms with Gasteiger partial charge in [-0.05, 0) is 43.1 Å². The van der Waals surface area contributed by atoms with Gasteiger partial charge in [0.25, 0.3) is 5.91 Å². The molecule has 0 fully saturated rings. The lowest BCUT2D eigenvalue weighted by molar-refractivity contribution is 0.0948. The Kier molecular flexibility index (Phi) is 3.99. The first-order valence-electron chi connectivity index (χ1n) is 6.20. The minimum atomic E-state index is -0.0190. The molecule has 0 saturated heterocycles. The van der Waals surface area contributed by atoms with Crippen LogP contribution in [0.1, 0.15) is 17.3 Å². The monoisotopic (exact) mass is 245 g/mol. The third-order valence-electron chi connectivity index (χ3n) is 2.98. The molecule has 0 spiro atoms. The number of carbonyl (C=O) groups is 1. The van der Waals surface area contributed by atoms with Crippen molar-refractivity contribution in [3.8, 4) is 0 Å². The second-order valence-corrected chi connectivity index (χ2v) is 4.65. The topological polar surface area (TPSA) is 56.9 Å². The molecule has 96 valence electrons. The van der Waals surface area contributed by atoms with Crippen LogP contribution >= 0.6 is 0 Å². The minimum Gasteiger partial charge on any atom is -0.361 e. The molecule has 18 heavy (non-hydrogen) atoms. The van der Waals surface area contributed by atoms with Gasteiger partial charge in [0.15, 0.2) is 0 Å². The van der Waals surface area contributed by atoms with Gasteiger partial charge in [-0.3, -0.25) is 4.79 Å². The van der Waals surface area contributed by atoms with Gasteiger partial charge in [-0.1, -0.05) is 13.0 Å². The molecule has 2 rings (SSSR count). The van der Waals surface area contributed by atoms with Gasteiger partial charge >= 0.3 is 0 Å². The molecule has 1 heterocycles. The quantitative estimate of drug-likeness (QED) is 0.751. The van der Waals surface area contributed by atoms with Gasteiger partial charge in [0.05, 0.1) is 0 Å². The van der Waals surface area contributed by atoms with E-state index in [0.717, 1.165) is 17.4 Å². The first-order chi connectivity index (χ1) is 8.70. The van der Waals surface area contributed by atoms with E-state index in [0.29, 0.717) is 18.0 Å². The third kappa shape index (κ3) is 2.90. The molecule has 0 bridgehead atoms. The minimum absolute atomic E-state index is 0.0190. The van der Waals surface area contributed by atoms with E-state index in [1.54, 1.807) is 0 Å². The van der Waals surface area contributed by atoms with Crippen molar-refractivity contribution in [1.29, 1.82) is 0 Å². The van der Waals surface area contributed by atoms with Gasteiger partial charge in [0.2, 0.25) is 0 Å². The van der Waals surface area contributed by atoms with Crippen molar-refractivity contribution in [1.82, 2.24) is 15.6 Å². The Bertz CT molecular complexity index is 533. The highest BCUT2D eigenvalue weighted by molar-refractivity contribution is 5.97. The number of amides is 1. The van der Waals surface area contributed by atoms with Crippen LogP contribution in [0.4, 0.5) is 0 Å². The molecule has 4 heteroatoms. The zero-order valence-electron chi connectivity index (χ0n) is 10.8. The Labute approximate surface area is 107 Å². The highest BCUT2D eigenvalue weighted by Crippen LogP contribution is 2.14. The molecule has 0 aliphatic carbocycles. The normalized spacial score (nSPS) is 12.6. The molecule has 0 saturated carbocycles. The van der Waals surface area contributed by atoms with E-state index in [-0.39, 0.29) is 5.91 Å². The molecular formula is C14H19N3O. The second-order valence-electron chi connectivity index (χ2n) is 4.65. The van der Waals surface area contributed by atoms with Crippen LogP contribution in [0.25, 0.3) is 10.9 Å². The molecule has 1 aromatic heterocycles. The predicted octanol–water partition coefficient (Wildman–Crippen LogP) is 1.75. The average molecular weight is 245 g/mol. The molecule has 1 amide bonds. The van der Waals surface area contributed by atoms with Crippen LogP contribution in [0, 0.1) is 5.92 Å². The number of H-pyrrole nitrogens is 1. The van der Waals surface area contributed by atoms with E-state index in [2.05, 4.69) is 22.5 Å². The fraction of sp³-hybridized carbons (Fsp3) is 0.357. The van der Waals surface area contributed by atoms with Crippen LogP contribution in [0.15, 0.2) is 30.5 Å². The summed E-state index contributed by atoms with van der Waals surface area (Å²) in [5.41, 5.74) is 1.69. The van der Waals surface area contributed by atoms with Gasteiger partial charge in [0.1, 0.15) is 0 Å². The fourth-order valence-electron chi connectivity index (χ4n) is 1.98. The Hall–Kier alpha value is -1.81. The lowest BCUT2D eigenvalue weighted by Gasteiger charge is -2.11. The van der Waals surface area contributed by atoms with Gasteiger partial charge in [-0.15, -0.1) is 0 Å². The maximum absolute atomic E-state index is 12.0. The maximum Gasteiger partial charge on any atom is 0.251 e. The number of fused-ring (bicyclic) bond motifs is 1. The maximum atomic E-state index is 12.0. The molecule has 0 aliphatic heterocycles. The molecule has 1 unspecified atom stereocenters. The number of hydrogen-bond acceptors (Lipinski definition) is 2. The SMILES string of the molecule is CNCC(C)CNC(=O)c1ccc2cc[nH]c2c1. The third-order valence-corrected chi connectivity index (χ3v) is 2.98. The molecule has 3 N–H and O–H groups in total. The zero-order chi connectivity index (χ0) is 13.0. The van der Waals surface area contributed by atoms with Crippen molar-refractivity contribution in [2.75, 3.05) is 20.1 Å². The summed E-state index contributed by atoms with van der Waals surface area (Å²) in [6, 6.07) is 7.69. The standard InChI is InChI=1S/C14H19N3O/c1-10(8-15-2)9-17-14(18)12-4-3-11-5-6-16-13(11)7-12/h3-7,10,15-16H,8-9H2,1-2H3,(H,17,18). The first kappa shape index (κ1) is 12.6. The van der Waals surface area contributed by atoms with Crippen molar-refractivity contribution >= 4 is 16.8 Å². The summed E-state index contributed by atoms with van der Waals surface area (Å²) < 4.78 is 0. The smallest absolute Gasteiger partial charge is 0.251 e. The van der Waals surface area contributed by atoms with Crippen LogP contribution < -0.4 is 10.6 Å². The number of aromatic nitrogens is 1. The molecule has 0 aliphatic rings. The Balaban J connectivity index is 1.99. The van der Waals surface area contributed by atoms with Gasteiger partial charge in [0, 0.05) is 23.8 Å². The summed E-state index contributed by atoms with van der Waals surface area (Å²) in [6.45, 7) is 3.68. The summed E-state index contributed by atoms with van der Waals surface area (Å²) in [4.78, 5) is 15.1. The van der Waals surface area contributed by atoms with Crippen LogP contribution in [0.3, 0.4) is 0 Å². The Morgan fingerprint density at radius 1 is 1.33 bits per heavy atom. The van der Waals surface area contributed by atoms with Crippen LogP contribution in [-0.2, 0) is 0 Å². The van der Waals surface area contributed by atoms with E-state index >= 15 is 0 Å². The summed E-state index contributed by atoms with van der Waals surface area (Å²) in [6.07, 6.45) is 1.88. The Morgan fingerprint density at radius 3 is 2.94 bits per heavy atom. The summed E-state index contributed by atoms with van der Waals surface area (Å²) in [7, 11) is 1.91. The molecule has 0 radical (unpaired) electrons. The van der Waals surface area contributed by atoms with Crippen molar-refractivity contribution in [2.24, 2.45) is 5.92 Å². The van der Waals surface area contributed by atoms with E-state index in [1.807, 2.05) is 37.5 Å². The summed E-state index contributed by atoms with van der Waals surface area (Å²) in [5.74, 6) is 0.405. The van der Waals surface area contributed by atoms with Crippen LogP contribution in [0.2, 0.25) is 0 Å². The van der Waals surface area contributed by atoms with Gasteiger partial charge in [-0.2, -0.15) is 0 Å². The predicted molar refractivity (Wildman–Crippen MR) is 73.7 cm³/mol. The van der Waals surface area contributed by atoms with E-state index in [9.17, 15) is 4.79 Å². The lowest BCUT2D eigenvalue weighted by Crippen LogP contribution is -2.32. The summed E-state index contributed by atoms with van der Waals surface area (Å²) >= 11 is 0. The number of aromatic amines is 1. The van der Waals surface area contributed by atoms with E-state index < -0.39 is 0 Å². The second kappa shape index (κ2) is 5.69. The van der Waals surface area contributed by atoms with Crippen LogP contribution in [-0.4, -0.2) is 31.0 Å². The number of benzene rings is 1. The number of carbonyl (C=O) groups excluding carboxylic acids is 1. The Morgan fingerprint density at radius 2 is 2.17 bits per heavy atom. The van der Waals surface area contributed by atoms with Crippen molar-refractivity contribution in [3.05, 3.63) is 36.0 Å². The first-order valence-corrected chi connectivity index (χ1v) is 6.20. The van der Waals surface area contributed by atoms with E-state index in [1.165, 1.54) is 0 Å². The van der Waals surface area contributed by atoms with Crippen molar-refractivity contribution in [3.63, 3.8) is 0 Å². The lowest BCUT2D eigenvalue weighted by atomic mass is 10.1. The highest BCUT2D eigenvalue weighted by Gasteiger charge is 2.08. The molecule has 2 aromatic rings. The molecular weight excluding hydrogens is 226 g/mol. The van der Waals surface area contributed by atoms with Crippen molar-refractivity contribution in [2.45, 2.75) is 6.92 Å². The zero-order valence-corrected chi connectivity index (χ0v) is 10.8. The number of hydrogen-bond donors (Lipinski definition) is 3. The highest BCUT2D eigenvalue weighted by atomic mass is 16.1.